The first-order valence-corrected chi connectivity index (χ1v) is 9.00. The fourth-order valence-electron chi connectivity index (χ4n) is 2.57. The second kappa shape index (κ2) is 10.2. The monoisotopic (exact) mass is 370 g/mol. The maximum absolute atomic E-state index is 12.3. The summed E-state index contributed by atoms with van der Waals surface area (Å²) in [5.41, 5.74) is 6.34. The van der Waals surface area contributed by atoms with Gasteiger partial charge >= 0.3 is 0 Å². The molecule has 0 aliphatic carbocycles. The van der Waals surface area contributed by atoms with E-state index < -0.39 is 5.91 Å². The van der Waals surface area contributed by atoms with Crippen LogP contribution in [0.3, 0.4) is 0 Å². The van der Waals surface area contributed by atoms with E-state index >= 15 is 0 Å². The van der Waals surface area contributed by atoms with Crippen molar-refractivity contribution in [3.63, 3.8) is 0 Å². The summed E-state index contributed by atoms with van der Waals surface area (Å²) in [5, 5.41) is 0. The van der Waals surface area contributed by atoms with Crippen LogP contribution in [0.2, 0.25) is 0 Å². The summed E-state index contributed by atoms with van der Waals surface area (Å²) in [5.74, 6) is 0.431. The van der Waals surface area contributed by atoms with Gasteiger partial charge < -0.3 is 9.47 Å². The molecule has 0 fully saturated rings. The van der Waals surface area contributed by atoms with Gasteiger partial charge in [0.25, 0.3) is 5.91 Å². The highest BCUT2D eigenvalue weighted by atomic mass is 16.5. The number of benzene rings is 2. The number of hydrogen-bond acceptors (Lipinski definition) is 4. The molecular formula is C21H26N2O4. The van der Waals surface area contributed by atoms with Crippen molar-refractivity contribution in [2.24, 2.45) is 0 Å². The zero-order valence-corrected chi connectivity index (χ0v) is 16.0. The van der Waals surface area contributed by atoms with Gasteiger partial charge in [0.2, 0.25) is 5.91 Å². The molecule has 2 aromatic rings. The van der Waals surface area contributed by atoms with Crippen LogP contribution >= 0.6 is 0 Å². The Morgan fingerprint density at radius 2 is 1.78 bits per heavy atom. The maximum atomic E-state index is 12.3. The molecular weight excluding hydrogens is 344 g/mol. The normalized spacial score (nSPS) is 11.4. The summed E-state index contributed by atoms with van der Waals surface area (Å²) < 4.78 is 10.8. The first kappa shape index (κ1) is 20.3. The number of hydrogen-bond donors (Lipinski definition) is 2. The predicted molar refractivity (Wildman–Crippen MR) is 104 cm³/mol. The number of nitrogens with one attached hydrogen (secondary N) is 2. The predicted octanol–water partition coefficient (Wildman–Crippen LogP) is 3.44. The fourth-order valence-corrected chi connectivity index (χ4v) is 2.57. The van der Waals surface area contributed by atoms with Crippen LogP contribution in [0.5, 0.6) is 11.5 Å². The fraction of sp³-hybridized carbons (Fsp3) is 0.333. The molecule has 2 aromatic carbocycles. The highest BCUT2D eigenvalue weighted by Crippen LogP contribution is 2.28. The van der Waals surface area contributed by atoms with Gasteiger partial charge in [-0.2, -0.15) is 0 Å². The molecule has 1 atom stereocenters. The molecule has 0 aliphatic rings. The van der Waals surface area contributed by atoms with Crippen molar-refractivity contribution in [3.8, 4) is 11.5 Å². The number of hydrazine groups is 1. The third-order valence-electron chi connectivity index (χ3n) is 4.06. The lowest BCUT2D eigenvalue weighted by atomic mass is 9.98. The summed E-state index contributed by atoms with van der Waals surface area (Å²) in [4.78, 5) is 24.4. The lowest BCUT2D eigenvalue weighted by Gasteiger charge is -2.14. The third-order valence-corrected chi connectivity index (χ3v) is 4.06. The average molecular weight is 370 g/mol. The first-order valence-electron chi connectivity index (χ1n) is 9.00. The summed E-state index contributed by atoms with van der Waals surface area (Å²) in [6.07, 6.45) is 1.15. The molecule has 0 heterocycles. The first-order chi connectivity index (χ1) is 13.0. The number of ether oxygens (including phenoxy) is 2. The van der Waals surface area contributed by atoms with Crippen molar-refractivity contribution >= 4 is 11.8 Å². The Labute approximate surface area is 159 Å². The van der Waals surface area contributed by atoms with Gasteiger partial charge in [-0.15, -0.1) is 0 Å². The van der Waals surface area contributed by atoms with Gasteiger partial charge in [0.1, 0.15) is 0 Å². The van der Waals surface area contributed by atoms with Crippen molar-refractivity contribution in [1.29, 1.82) is 0 Å². The molecule has 0 aliphatic heterocycles. The summed E-state index contributed by atoms with van der Waals surface area (Å²) in [7, 11) is 1.52. The lowest BCUT2D eigenvalue weighted by Crippen LogP contribution is -2.42. The zero-order chi connectivity index (χ0) is 19.6. The van der Waals surface area contributed by atoms with E-state index in [0.717, 1.165) is 12.0 Å². The van der Waals surface area contributed by atoms with Gasteiger partial charge in [0.15, 0.2) is 11.5 Å². The van der Waals surface area contributed by atoms with Crippen LogP contribution in [0.4, 0.5) is 0 Å². The average Bonchev–Trinajstić information content (AvgIpc) is 2.70. The number of amides is 2. The Hall–Kier alpha value is -3.02. The van der Waals surface area contributed by atoms with Gasteiger partial charge in [-0.3, -0.25) is 20.4 Å². The van der Waals surface area contributed by atoms with Crippen molar-refractivity contribution in [2.45, 2.75) is 32.6 Å². The second-order valence-corrected chi connectivity index (χ2v) is 6.23. The molecule has 2 N–H and O–H groups in total. The highest BCUT2D eigenvalue weighted by Gasteiger charge is 2.14. The van der Waals surface area contributed by atoms with Crippen LogP contribution < -0.4 is 20.3 Å². The molecule has 0 radical (unpaired) electrons. The number of carbonyl (C=O) groups excluding carboxylic acids is 2. The van der Waals surface area contributed by atoms with E-state index in [-0.39, 0.29) is 18.2 Å². The number of rotatable bonds is 8. The van der Waals surface area contributed by atoms with E-state index in [2.05, 4.69) is 10.9 Å². The van der Waals surface area contributed by atoms with Crippen LogP contribution in [0.25, 0.3) is 0 Å². The molecule has 2 amide bonds. The largest absolute Gasteiger partial charge is 0.493 e. The van der Waals surface area contributed by atoms with Crippen LogP contribution in [0.1, 0.15) is 48.5 Å². The van der Waals surface area contributed by atoms with E-state index in [0.29, 0.717) is 23.7 Å². The van der Waals surface area contributed by atoms with Crippen molar-refractivity contribution < 1.29 is 19.1 Å². The Kier molecular flexibility index (Phi) is 7.67. The van der Waals surface area contributed by atoms with Crippen molar-refractivity contribution in [3.05, 3.63) is 59.7 Å². The minimum absolute atomic E-state index is 0.0539. The Bertz CT molecular complexity index is 762. The van der Waals surface area contributed by atoms with E-state index in [1.54, 1.807) is 18.2 Å². The standard InChI is InChI=1S/C21H26N2O4/c1-4-12-27-18-11-10-17(14-19(18)26-3)21(25)23-22-20(24)13-15(2)16-8-6-5-7-9-16/h5-11,14-15H,4,12-13H2,1-3H3,(H,22,24)(H,23,25). The minimum atomic E-state index is -0.420. The molecule has 0 spiro atoms. The minimum Gasteiger partial charge on any atom is -0.493 e. The molecule has 144 valence electrons. The number of carbonyl (C=O) groups is 2. The van der Waals surface area contributed by atoms with Gasteiger partial charge in [-0.1, -0.05) is 44.2 Å². The van der Waals surface area contributed by atoms with E-state index in [9.17, 15) is 9.59 Å². The molecule has 6 heteroatoms. The Morgan fingerprint density at radius 1 is 1.04 bits per heavy atom. The van der Waals surface area contributed by atoms with Crippen LogP contribution in [0, 0.1) is 0 Å². The van der Waals surface area contributed by atoms with Crippen LogP contribution in [-0.2, 0) is 4.79 Å². The van der Waals surface area contributed by atoms with Gasteiger partial charge in [-0.05, 0) is 36.1 Å². The molecule has 0 bridgehead atoms. The molecule has 2 rings (SSSR count). The quantitative estimate of drug-likeness (QED) is 0.698. The van der Waals surface area contributed by atoms with E-state index in [1.165, 1.54) is 7.11 Å². The Balaban J connectivity index is 1.90. The lowest BCUT2D eigenvalue weighted by molar-refractivity contribution is -0.122. The smallest absolute Gasteiger partial charge is 0.269 e. The van der Waals surface area contributed by atoms with Gasteiger partial charge in [0.05, 0.1) is 13.7 Å². The second-order valence-electron chi connectivity index (χ2n) is 6.23. The molecule has 0 aromatic heterocycles. The van der Waals surface area contributed by atoms with E-state index in [4.69, 9.17) is 9.47 Å². The molecule has 0 saturated carbocycles. The van der Waals surface area contributed by atoms with Crippen LogP contribution in [-0.4, -0.2) is 25.5 Å². The number of methoxy groups -OCH3 is 1. The Morgan fingerprint density at radius 3 is 2.44 bits per heavy atom. The SMILES string of the molecule is CCCOc1ccc(C(=O)NNC(=O)CC(C)c2ccccc2)cc1OC. The molecule has 6 nitrogen and oxygen atoms in total. The summed E-state index contributed by atoms with van der Waals surface area (Å²) in [6.45, 7) is 4.55. The van der Waals surface area contributed by atoms with Crippen molar-refractivity contribution in [1.82, 2.24) is 10.9 Å². The zero-order valence-electron chi connectivity index (χ0n) is 16.0. The van der Waals surface area contributed by atoms with Crippen molar-refractivity contribution in [2.75, 3.05) is 13.7 Å². The highest BCUT2D eigenvalue weighted by molar-refractivity contribution is 5.96. The maximum Gasteiger partial charge on any atom is 0.269 e. The molecule has 1 unspecified atom stereocenters. The van der Waals surface area contributed by atoms with Crippen LogP contribution in [0.15, 0.2) is 48.5 Å². The topological polar surface area (TPSA) is 76.7 Å². The van der Waals surface area contributed by atoms with Gasteiger partial charge in [0, 0.05) is 12.0 Å². The van der Waals surface area contributed by atoms with Gasteiger partial charge in [-0.25, -0.2) is 0 Å². The summed E-state index contributed by atoms with van der Waals surface area (Å²) in [6, 6.07) is 14.7. The molecule has 0 saturated heterocycles. The van der Waals surface area contributed by atoms with E-state index in [1.807, 2.05) is 44.2 Å². The third kappa shape index (κ3) is 6.02. The molecule has 27 heavy (non-hydrogen) atoms. The summed E-state index contributed by atoms with van der Waals surface area (Å²) >= 11 is 0.